The Hall–Kier alpha value is -3.73. The predicted octanol–water partition coefficient (Wildman–Crippen LogP) is 2.20. The second-order valence-electron chi connectivity index (χ2n) is 6.37. The van der Waals surface area contributed by atoms with Crippen molar-refractivity contribution in [1.29, 1.82) is 5.26 Å². The SMILES string of the molecule is N#C/C(=C\c1c[nH]c2ncc(-c3ccc(OCC4CC4)nc3)nc12)C(N)=O. The van der Waals surface area contributed by atoms with E-state index in [-0.39, 0.29) is 5.57 Å². The average Bonchev–Trinajstić information content (AvgIpc) is 3.44. The Kier molecular flexibility index (Phi) is 4.26. The van der Waals surface area contributed by atoms with Gasteiger partial charge in [-0.05, 0) is 30.9 Å². The number of hydrogen-bond donors (Lipinski definition) is 2. The van der Waals surface area contributed by atoms with Gasteiger partial charge in [0.25, 0.3) is 5.91 Å². The number of nitriles is 1. The molecule has 1 aliphatic rings. The average molecular weight is 360 g/mol. The normalized spacial score (nSPS) is 14.1. The molecule has 3 aromatic heterocycles. The van der Waals surface area contributed by atoms with Crippen molar-refractivity contribution in [1.82, 2.24) is 19.9 Å². The zero-order valence-corrected chi connectivity index (χ0v) is 14.3. The number of ether oxygens (including phenoxy) is 1. The number of nitrogens with zero attached hydrogens (tertiary/aromatic N) is 4. The number of carbonyl (C=O) groups is 1. The molecular formula is C19H16N6O2. The van der Waals surface area contributed by atoms with E-state index in [0.717, 1.165) is 5.56 Å². The first kappa shape index (κ1) is 16.7. The van der Waals surface area contributed by atoms with Gasteiger partial charge in [-0.1, -0.05) is 0 Å². The highest BCUT2D eigenvalue weighted by Crippen LogP contribution is 2.29. The van der Waals surface area contributed by atoms with Gasteiger partial charge in [0.2, 0.25) is 5.88 Å². The zero-order valence-electron chi connectivity index (χ0n) is 14.3. The number of carbonyl (C=O) groups excluding carboxylic acids is 1. The van der Waals surface area contributed by atoms with E-state index in [9.17, 15) is 4.79 Å². The molecule has 8 heteroatoms. The van der Waals surface area contributed by atoms with E-state index in [1.165, 1.54) is 18.9 Å². The largest absolute Gasteiger partial charge is 0.477 e. The van der Waals surface area contributed by atoms with Gasteiger partial charge in [-0.15, -0.1) is 0 Å². The lowest BCUT2D eigenvalue weighted by molar-refractivity contribution is -0.114. The van der Waals surface area contributed by atoms with Crippen molar-refractivity contribution < 1.29 is 9.53 Å². The number of nitrogens with two attached hydrogens (primary N) is 1. The van der Waals surface area contributed by atoms with Gasteiger partial charge in [0, 0.05) is 29.6 Å². The van der Waals surface area contributed by atoms with E-state index in [2.05, 4.69) is 19.9 Å². The summed E-state index contributed by atoms with van der Waals surface area (Å²) in [5.41, 5.74) is 8.10. The Bertz CT molecular complexity index is 1070. The van der Waals surface area contributed by atoms with Crippen molar-refractivity contribution in [3.8, 4) is 23.2 Å². The third-order valence-corrected chi connectivity index (χ3v) is 4.29. The van der Waals surface area contributed by atoms with Gasteiger partial charge in [0.1, 0.15) is 17.2 Å². The van der Waals surface area contributed by atoms with E-state index < -0.39 is 5.91 Å². The Morgan fingerprint density at radius 3 is 2.89 bits per heavy atom. The number of aromatic amines is 1. The van der Waals surface area contributed by atoms with Crippen LogP contribution in [-0.4, -0.2) is 32.4 Å². The van der Waals surface area contributed by atoms with E-state index >= 15 is 0 Å². The summed E-state index contributed by atoms with van der Waals surface area (Å²) in [6.45, 7) is 0.707. The Morgan fingerprint density at radius 2 is 2.22 bits per heavy atom. The molecule has 1 amide bonds. The first-order valence-corrected chi connectivity index (χ1v) is 8.49. The summed E-state index contributed by atoms with van der Waals surface area (Å²) < 4.78 is 5.64. The highest BCUT2D eigenvalue weighted by atomic mass is 16.5. The molecule has 0 atom stereocenters. The summed E-state index contributed by atoms with van der Waals surface area (Å²) in [5.74, 6) is 0.463. The molecule has 0 radical (unpaired) electrons. The summed E-state index contributed by atoms with van der Waals surface area (Å²) >= 11 is 0. The van der Waals surface area contributed by atoms with Crippen molar-refractivity contribution in [3.63, 3.8) is 0 Å². The highest BCUT2D eigenvalue weighted by Gasteiger charge is 2.22. The number of nitrogens with one attached hydrogen (secondary N) is 1. The van der Waals surface area contributed by atoms with Crippen molar-refractivity contribution in [2.24, 2.45) is 11.7 Å². The summed E-state index contributed by atoms with van der Waals surface area (Å²) in [5, 5.41) is 9.02. The number of fused-ring (bicyclic) bond motifs is 1. The lowest BCUT2D eigenvalue weighted by atomic mass is 10.1. The van der Waals surface area contributed by atoms with Crippen LogP contribution in [0.2, 0.25) is 0 Å². The molecule has 134 valence electrons. The molecule has 3 heterocycles. The van der Waals surface area contributed by atoms with Gasteiger partial charge in [-0.3, -0.25) is 4.79 Å². The van der Waals surface area contributed by atoms with Crippen molar-refractivity contribution in [2.45, 2.75) is 12.8 Å². The molecule has 0 aliphatic heterocycles. The van der Waals surface area contributed by atoms with Gasteiger partial charge < -0.3 is 15.5 Å². The minimum Gasteiger partial charge on any atom is -0.477 e. The number of hydrogen-bond acceptors (Lipinski definition) is 6. The second kappa shape index (κ2) is 6.88. The molecule has 27 heavy (non-hydrogen) atoms. The number of H-pyrrole nitrogens is 1. The Morgan fingerprint density at radius 1 is 1.37 bits per heavy atom. The smallest absolute Gasteiger partial charge is 0.259 e. The molecule has 1 aliphatic carbocycles. The maximum absolute atomic E-state index is 11.3. The zero-order chi connectivity index (χ0) is 18.8. The maximum atomic E-state index is 11.3. The number of pyridine rings is 1. The molecule has 0 spiro atoms. The van der Waals surface area contributed by atoms with Gasteiger partial charge >= 0.3 is 0 Å². The van der Waals surface area contributed by atoms with Crippen LogP contribution in [0.1, 0.15) is 18.4 Å². The summed E-state index contributed by atoms with van der Waals surface area (Å²) in [4.78, 5) is 27.5. The lowest BCUT2D eigenvalue weighted by Crippen LogP contribution is -2.12. The van der Waals surface area contributed by atoms with Crippen LogP contribution >= 0.6 is 0 Å². The first-order chi connectivity index (χ1) is 13.1. The van der Waals surface area contributed by atoms with Crippen LogP contribution in [0.15, 0.2) is 36.3 Å². The molecule has 0 unspecified atom stereocenters. The number of amides is 1. The van der Waals surface area contributed by atoms with Crippen molar-refractivity contribution in [2.75, 3.05) is 6.61 Å². The van der Waals surface area contributed by atoms with Gasteiger partial charge in [-0.2, -0.15) is 5.26 Å². The fraction of sp³-hybridized carbons (Fsp3) is 0.211. The fourth-order valence-corrected chi connectivity index (χ4v) is 2.58. The summed E-state index contributed by atoms with van der Waals surface area (Å²) in [6.07, 6.45) is 8.79. The standard InChI is InChI=1S/C19H16N6O2/c20-6-13(18(21)26)5-14-8-23-19-17(14)25-15(9-24-19)12-3-4-16(22-7-12)27-10-11-1-2-11/h3-5,7-9,11H,1-2,10H2,(H2,21,26)(H,23,24)/b13-5+. The van der Waals surface area contributed by atoms with Crippen LogP contribution in [0.5, 0.6) is 5.88 Å². The highest BCUT2D eigenvalue weighted by molar-refractivity contribution is 6.02. The third kappa shape index (κ3) is 3.62. The van der Waals surface area contributed by atoms with Crippen LogP contribution in [0.3, 0.4) is 0 Å². The van der Waals surface area contributed by atoms with Crippen LogP contribution in [0.4, 0.5) is 0 Å². The van der Waals surface area contributed by atoms with Crippen LogP contribution in [0.25, 0.3) is 28.5 Å². The molecule has 4 rings (SSSR count). The predicted molar refractivity (Wildman–Crippen MR) is 98.1 cm³/mol. The van der Waals surface area contributed by atoms with Crippen molar-refractivity contribution >= 4 is 23.1 Å². The van der Waals surface area contributed by atoms with E-state index in [4.69, 9.17) is 15.7 Å². The molecular weight excluding hydrogens is 344 g/mol. The molecule has 8 nitrogen and oxygen atoms in total. The second-order valence-corrected chi connectivity index (χ2v) is 6.37. The van der Waals surface area contributed by atoms with E-state index in [0.29, 0.717) is 40.8 Å². The van der Waals surface area contributed by atoms with Gasteiger partial charge in [0.15, 0.2) is 5.65 Å². The molecule has 1 fully saturated rings. The fourth-order valence-electron chi connectivity index (χ4n) is 2.58. The number of rotatable bonds is 6. The van der Waals surface area contributed by atoms with Gasteiger partial charge in [0.05, 0.1) is 18.5 Å². The summed E-state index contributed by atoms with van der Waals surface area (Å²) in [6, 6.07) is 5.46. The molecule has 0 saturated heterocycles. The van der Waals surface area contributed by atoms with Crippen LogP contribution in [-0.2, 0) is 4.79 Å². The van der Waals surface area contributed by atoms with E-state index in [1.54, 1.807) is 24.7 Å². The monoisotopic (exact) mass is 360 g/mol. The first-order valence-electron chi connectivity index (χ1n) is 8.49. The minimum absolute atomic E-state index is 0.151. The number of aromatic nitrogens is 4. The number of primary amides is 1. The van der Waals surface area contributed by atoms with Crippen LogP contribution < -0.4 is 10.5 Å². The van der Waals surface area contributed by atoms with Crippen molar-refractivity contribution in [3.05, 3.63) is 41.9 Å². The van der Waals surface area contributed by atoms with Gasteiger partial charge in [-0.25, -0.2) is 15.0 Å². The Labute approximate surface area is 154 Å². The topological polar surface area (TPSA) is 131 Å². The lowest BCUT2D eigenvalue weighted by Gasteiger charge is -2.05. The maximum Gasteiger partial charge on any atom is 0.259 e. The Balaban J connectivity index is 1.63. The third-order valence-electron chi connectivity index (χ3n) is 4.29. The van der Waals surface area contributed by atoms with E-state index in [1.807, 2.05) is 12.1 Å². The molecule has 0 aromatic carbocycles. The minimum atomic E-state index is -0.790. The quantitative estimate of drug-likeness (QED) is 0.512. The molecule has 3 N–H and O–H groups in total. The molecule has 1 saturated carbocycles. The molecule has 3 aromatic rings. The van der Waals surface area contributed by atoms with Crippen LogP contribution in [0, 0.1) is 17.2 Å². The molecule has 0 bridgehead atoms. The summed E-state index contributed by atoms with van der Waals surface area (Å²) in [7, 11) is 0.